The Kier molecular flexibility index (Phi) is 3.78. The zero-order chi connectivity index (χ0) is 12.3. The zero-order valence-corrected chi connectivity index (χ0v) is 10.6. The van der Waals surface area contributed by atoms with Gasteiger partial charge < -0.3 is 16.4 Å². The van der Waals surface area contributed by atoms with Gasteiger partial charge in [-0.15, -0.1) is 0 Å². The molecule has 0 spiro atoms. The van der Waals surface area contributed by atoms with Gasteiger partial charge in [0.2, 0.25) is 0 Å². The van der Waals surface area contributed by atoms with Crippen molar-refractivity contribution in [3.8, 4) is 0 Å². The first-order chi connectivity index (χ1) is 8.20. The highest BCUT2D eigenvalue weighted by Crippen LogP contribution is 2.25. The molecule has 1 saturated heterocycles. The Morgan fingerprint density at radius 2 is 2.35 bits per heavy atom. The summed E-state index contributed by atoms with van der Waals surface area (Å²) < 4.78 is 0. The van der Waals surface area contributed by atoms with Crippen LogP contribution >= 0.6 is 11.8 Å². The number of hydrogen-bond acceptors (Lipinski definition) is 4. The van der Waals surface area contributed by atoms with E-state index in [1.165, 1.54) is 5.75 Å². The van der Waals surface area contributed by atoms with Gasteiger partial charge >= 0.3 is 0 Å². The monoisotopic (exact) mass is 251 g/mol. The highest BCUT2D eigenvalue weighted by atomic mass is 32.2. The van der Waals surface area contributed by atoms with E-state index in [1.54, 1.807) is 19.2 Å². The van der Waals surface area contributed by atoms with Gasteiger partial charge in [0.25, 0.3) is 5.91 Å². The number of benzene rings is 1. The van der Waals surface area contributed by atoms with Crippen molar-refractivity contribution in [2.45, 2.75) is 12.5 Å². The third-order valence-electron chi connectivity index (χ3n) is 2.83. The molecule has 0 aromatic heterocycles. The molecule has 0 saturated carbocycles. The fourth-order valence-corrected chi connectivity index (χ4v) is 2.99. The summed E-state index contributed by atoms with van der Waals surface area (Å²) in [6.07, 6.45) is 1.15. The summed E-state index contributed by atoms with van der Waals surface area (Å²) in [4.78, 5) is 11.5. The van der Waals surface area contributed by atoms with Crippen molar-refractivity contribution in [2.75, 3.05) is 29.6 Å². The van der Waals surface area contributed by atoms with E-state index in [9.17, 15) is 4.79 Å². The normalized spacial score (nSPS) is 19.0. The molecule has 0 radical (unpaired) electrons. The molecule has 1 unspecified atom stereocenters. The molecule has 1 aromatic rings. The molecule has 17 heavy (non-hydrogen) atoms. The van der Waals surface area contributed by atoms with Gasteiger partial charge in [-0.1, -0.05) is 0 Å². The number of hydrogen-bond donors (Lipinski definition) is 3. The molecule has 1 amide bonds. The van der Waals surface area contributed by atoms with E-state index in [0.29, 0.717) is 17.3 Å². The first kappa shape index (κ1) is 12.1. The van der Waals surface area contributed by atoms with Crippen LogP contribution in [0.4, 0.5) is 11.4 Å². The quantitative estimate of drug-likeness (QED) is 0.713. The van der Waals surface area contributed by atoms with Crippen LogP contribution in [-0.2, 0) is 0 Å². The number of anilines is 2. The summed E-state index contributed by atoms with van der Waals surface area (Å²) in [5, 5.41) is 6.01. The molecule has 4 nitrogen and oxygen atoms in total. The highest BCUT2D eigenvalue weighted by Gasteiger charge is 2.16. The second kappa shape index (κ2) is 5.31. The van der Waals surface area contributed by atoms with Gasteiger partial charge in [0, 0.05) is 24.4 Å². The minimum absolute atomic E-state index is 0.0890. The Hall–Kier alpha value is -1.36. The Morgan fingerprint density at radius 1 is 1.53 bits per heavy atom. The predicted molar refractivity (Wildman–Crippen MR) is 73.6 cm³/mol. The Bertz CT molecular complexity index is 416. The number of rotatable bonds is 3. The van der Waals surface area contributed by atoms with Gasteiger partial charge in [-0.3, -0.25) is 4.79 Å². The third kappa shape index (κ3) is 2.85. The van der Waals surface area contributed by atoms with Gasteiger partial charge in [-0.2, -0.15) is 11.8 Å². The van der Waals surface area contributed by atoms with Crippen LogP contribution in [0.15, 0.2) is 18.2 Å². The Balaban J connectivity index is 2.16. The van der Waals surface area contributed by atoms with Crippen LogP contribution < -0.4 is 16.4 Å². The maximum absolute atomic E-state index is 11.5. The van der Waals surface area contributed by atoms with Crippen molar-refractivity contribution in [2.24, 2.45) is 0 Å². The molecule has 1 heterocycles. The molecule has 1 atom stereocenters. The van der Waals surface area contributed by atoms with Crippen LogP contribution in [0.5, 0.6) is 0 Å². The molecule has 92 valence electrons. The molecule has 0 bridgehead atoms. The third-order valence-corrected chi connectivity index (χ3v) is 3.99. The van der Waals surface area contributed by atoms with Gasteiger partial charge in [-0.05, 0) is 30.4 Å². The minimum Gasteiger partial charge on any atom is -0.397 e. The summed E-state index contributed by atoms with van der Waals surface area (Å²) in [5.74, 6) is 2.20. The predicted octanol–water partition coefficient (Wildman–Crippen LogP) is 1.55. The average Bonchev–Trinajstić information content (AvgIpc) is 2.84. The summed E-state index contributed by atoms with van der Waals surface area (Å²) in [6.45, 7) is 0. The van der Waals surface area contributed by atoms with Crippen molar-refractivity contribution in [3.63, 3.8) is 0 Å². The van der Waals surface area contributed by atoms with Crippen LogP contribution in [0.25, 0.3) is 0 Å². The lowest BCUT2D eigenvalue weighted by atomic mass is 10.1. The Morgan fingerprint density at radius 3 is 3.00 bits per heavy atom. The number of nitrogens with one attached hydrogen (secondary N) is 2. The van der Waals surface area contributed by atoms with E-state index in [1.807, 2.05) is 17.8 Å². The highest BCUT2D eigenvalue weighted by molar-refractivity contribution is 7.99. The Labute approximate surface area is 105 Å². The van der Waals surface area contributed by atoms with Gasteiger partial charge in [0.15, 0.2) is 0 Å². The molecular weight excluding hydrogens is 234 g/mol. The standard InChI is InChI=1S/C12H17N3OS/c1-14-12(16)8-2-3-10(13)11(6-8)15-9-4-5-17-7-9/h2-3,6,9,15H,4-5,7,13H2,1H3,(H,14,16). The second-order valence-corrected chi connectivity index (χ2v) is 5.24. The number of nitrogens with two attached hydrogens (primary N) is 1. The first-order valence-corrected chi connectivity index (χ1v) is 6.82. The minimum atomic E-state index is -0.0890. The van der Waals surface area contributed by atoms with E-state index in [0.717, 1.165) is 17.9 Å². The summed E-state index contributed by atoms with van der Waals surface area (Å²) in [6, 6.07) is 5.79. The molecule has 4 N–H and O–H groups in total. The van der Waals surface area contributed by atoms with Crippen LogP contribution in [0.2, 0.25) is 0 Å². The lowest BCUT2D eigenvalue weighted by Gasteiger charge is -2.15. The number of amides is 1. The number of carbonyl (C=O) groups is 1. The van der Waals surface area contributed by atoms with Crippen molar-refractivity contribution in [1.29, 1.82) is 0 Å². The van der Waals surface area contributed by atoms with Crippen molar-refractivity contribution in [3.05, 3.63) is 23.8 Å². The van der Waals surface area contributed by atoms with Crippen LogP contribution in [-0.4, -0.2) is 30.5 Å². The summed E-state index contributed by atoms with van der Waals surface area (Å²) >= 11 is 1.94. The largest absolute Gasteiger partial charge is 0.397 e. The van der Waals surface area contributed by atoms with E-state index < -0.39 is 0 Å². The molecule has 0 aliphatic carbocycles. The van der Waals surface area contributed by atoms with E-state index in [2.05, 4.69) is 10.6 Å². The molecule has 1 fully saturated rings. The summed E-state index contributed by atoms with van der Waals surface area (Å²) in [5.41, 5.74) is 8.09. The van der Waals surface area contributed by atoms with Gasteiger partial charge in [0.1, 0.15) is 0 Å². The fourth-order valence-electron chi connectivity index (χ4n) is 1.84. The van der Waals surface area contributed by atoms with E-state index >= 15 is 0 Å². The smallest absolute Gasteiger partial charge is 0.251 e. The maximum atomic E-state index is 11.5. The lowest BCUT2D eigenvalue weighted by Crippen LogP contribution is -2.21. The van der Waals surface area contributed by atoms with Gasteiger partial charge in [0.05, 0.1) is 11.4 Å². The van der Waals surface area contributed by atoms with Crippen molar-refractivity contribution in [1.82, 2.24) is 5.32 Å². The summed E-state index contributed by atoms with van der Waals surface area (Å²) in [7, 11) is 1.62. The maximum Gasteiger partial charge on any atom is 0.251 e. The molecule has 1 aliphatic rings. The fraction of sp³-hybridized carbons (Fsp3) is 0.417. The van der Waals surface area contributed by atoms with E-state index in [4.69, 9.17) is 5.73 Å². The lowest BCUT2D eigenvalue weighted by molar-refractivity contribution is 0.0963. The van der Waals surface area contributed by atoms with Gasteiger partial charge in [-0.25, -0.2) is 0 Å². The van der Waals surface area contributed by atoms with Crippen LogP contribution in [0.1, 0.15) is 16.8 Å². The number of nitrogen functional groups attached to an aromatic ring is 1. The topological polar surface area (TPSA) is 67.2 Å². The number of thioether (sulfide) groups is 1. The number of carbonyl (C=O) groups excluding carboxylic acids is 1. The molecule has 2 rings (SSSR count). The average molecular weight is 251 g/mol. The van der Waals surface area contributed by atoms with Crippen LogP contribution in [0.3, 0.4) is 0 Å². The van der Waals surface area contributed by atoms with Crippen molar-refractivity contribution >= 4 is 29.0 Å². The molecule has 1 aromatic carbocycles. The van der Waals surface area contributed by atoms with E-state index in [-0.39, 0.29) is 5.91 Å². The second-order valence-electron chi connectivity index (χ2n) is 4.09. The SMILES string of the molecule is CNC(=O)c1ccc(N)c(NC2CCSC2)c1. The first-order valence-electron chi connectivity index (χ1n) is 5.66. The van der Waals surface area contributed by atoms with Crippen LogP contribution in [0, 0.1) is 0 Å². The molecule has 1 aliphatic heterocycles. The van der Waals surface area contributed by atoms with Crippen molar-refractivity contribution < 1.29 is 4.79 Å². The zero-order valence-electron chi connectivity index (χ0n) is 9.82. The molecular formula is C12H17N3OS. The molecule has 5 heteroatoms.